The first-order valence-corrected chi connectivity index (χ1v) is 5.21. The predicted octanol–water partition coefficient (Wildman–Crippen LogP) is 0.401. The Morgan fingerprint density at radius 3 is 3.07 bits per heavy atom. The lowest BCUT2D eigenvalue weighted by Crippen LogP contribution is -2.27. The predicted molar refractivity (Wildman–Crippen MR) is 57.9 cm³/mol. The van der Waals surface area contributed by atoms with Crippen LogP contribution < -0.4 is 11.1 Å². The van der Waals surface area contributed by atoms with Crippen LogP contribution in [0.3, 0.4) is 0 Å². The normalized spacial score (nSPS) is 12.4. The summed E-state index contributed by atoms with van der Waals surface area (Å²) in [6.45, 7) is 3.10. The number of rotatable bonds is 6. The summed E-state index contributed by atoms with van der Waals surface area (Å²) < 4.78 is 0. The van der Waals surface area contributed by atoms with Crippen molar-refractivity contribution in [2.45, 2.75) is 26.3 Å². The van der Waals surface area contributed by atoms with Gasteiger partial charge in [-0.15, -0.1) is 0 Å². The zero-order valence-corrected chi connectivity index (χ0v) is 8.99. The third-order valence-electron chi connectivity index (χ3n) is 2.42. The Bertz CT molecular complexity index is 280. The average Bonchev–Trinajstić information content (AvgIpc) is 2.75. The van der Waals surface area contributed by atoms with E-state index in [9.17, 15) is 4.79 Å². The van der Waals surface area contributed by atoms with E-state index in [1.54, 1.807) is 6.20 Å². The van der Waals surface area contributed by atoms with Gasteiger partial charge in [0.2, 0.25) is 5.91 Å². The van der Waals surface area contributed by atoms with Crippen molar-refractivity contribution in [3.05, 3.63) is 18.0 Å². The minimum absolute atomic E-state index is 0.0434. The van der Waals surface area contributed by atoms with Gasteiger partial charge in [-0.3, -0.25) is 9.89 Å². The van der Waals surface area contributed by atoms with Crippen molar-refractivity contribution in [2.75, 3.05) is 6.54 Å². The van der Waals surface area contributed by atoms with Gasteiger partial charge in [-0.05, 0) is 18.5 Å². The molecule has 1 aromatic heterocycles. The van der Waals surface area contributed by atoms with Crippen molar-refractivity contribution >= 4 is 5.91 Å². The molecule has 4 N–H and O–H groups in total. The van der Waals surface area contributed by atoms with Gasteiger partial charge in [-0.2, -0.15) is 5.10 Å². The smallest absolute Gasteiger partial charge is 0.220 e. The number of amides is 1. The molecule has 1 atom stereocenters. The SMILES string of the molecule is CCC(CN)CC(=O)NCc1ccn[nH]1. The highest BCUT2D eigenvalue weighted by Gasteiger charge is 2.09. The standard InChI is InChI=1S/C10H18N4O/c1-2-8(6-11)5-10(15)12-7-9-3-4-13-14-9/h3-4,8H,2,5-7,11H2,1H3,(H,12,15)(H,13,14). The molecule has 5 nitrogen and oxygen atoms in total. The van der Waals surface area contributed by atoms with Crippen LogP contribution in [0, 0.1) is 5.92 Å². The molecule has 0 aliphatic carbocycles. The van der Waals surface area contributed by atoms with Crippen molar-refractivity contribution in [3.63, 3.8) is 0 Å². The molecule has 1 unspecified atom stereocenters. The summed E-state index contributed by atoms with van der Waals surface area (Å²) in [5.41, 5.74) is 6.43. The monoisotopic (exact) mass is 210 g/mol. The van der Waals surface area contributed by atoms with Crippen molar-refractivity contribution in [2.24, 2.45) is 11.7 Å². The Morgan fingerprint density at radius 1 is 1.73 bits per heavy atom. The maximum Gasteiger partial charge on any atom is 0.220 e. The van der Waals surface area contributed by atoms with E-state index in [1.165, 1.54) is 0 Å². The van der Waals surface area contributed by atoms with Crippen LogP contribution in [0.2, 0.25) is 0 Å². The van der Waals surface area contributed by atoms with Crippen molar-refractivity contribution < 1.29 is 4.79 Å². The van der Waals surface area contributed by atoms with E-state index in [0.717, 1.165) is 12.1 Å². The molecule has 0 saturated heterocycles. The van der Waals surface area contributed by atoms with E-state index in [4.69, 9.17) is 5.73 Å². The van der Waals surface area contributed by atoms with Gasteiger partial charge in [0.05, 0.1) is 12.2 Å². The van der Waals surface area contributed by atoms with Crippen LogP contribution in [-0.4, -0.2) is 22.6 Å². The third kappa shape index (κ3) is 4.12. The fourth-order valence-electron chi connectivity index (χ4n) is 1.31. The molecule has 0 aliphatic heterocycles. The van der Waals surface area contributed by atoms with Crippen LogP contribution in [0.1, 0.15) is 25.5 Å². The number of carbonyl (C=O) groups excluding carboxylic acids is 1. The van der Waals surface area contributed by atoms with E-state index in [1.807, 2.05) is 13.0 Å². The van der Waals surface area contributed by atoms with Gasteiger partial charge in [0.15, 0.2) is 0 Å². The molecular weight excluding hydrogens is 192 g/mol. The number of hydrogen-bond acceptors (Lipinski definition) is 3. The van der Waals surface area contributed by atoms with Gasteiger partial charge in [-0.1, -0.05) is 13.3 Å². The first-order chi connectivity index (χ1) is 7.26. The van der Waals surface area contributed by atoms with Gasteiger partial charge in [0.1, 0.15) is 0 Å². The van der Waals surface area contributed by atoms with E-state index < -0.39 is 0 Å². The molecule has 5 heteroatoms. The van der Waals surface area contributed by atoms with Gasteiger partial charge in [-0.25, -0.2) is 0 Å². The zero-order valence-electron chi connectivity index (χ0n) is 8.99. The molecule has 1 aromatic rings. The topological polar surface area (TPSA) is 83.8 Å². The molecule has 1 amide bonds. The van der Waals surface area contributed by atoms with Crippen molar-refractivity contribution in [3.8, 4) is 0 Å². The van der Waals surface area contributed by atoms with E-state index in [-0.39, 0.29) is 11.8 Å². The maximum atomic E-state index is 11.5. The third-order valence-corrected chi connectivity index (χ3v) is 2.42. The fourth-order valence-corrected chi connectivity index (χ4v) is 1.31. The number of carbonyl (C=O) groups is 1. The average molecular weight is 210 g/mol. The largest absolute Gasteiger partial charge is 0.350 e. The highest BCUT2D eigenvalue weighted by molar-refractivity contribution is 5.76. The number of nitrogens with one attached hydrogen (secondary N) is 2. The summed E-state index contributed by atoms with van der Waals surface area (Å²) in [6, 6.07) is 1.83. The molecule has 0 bridgehead atoms. The number of aromatic amines is 1. The van der Waals surface area contributed by atoms with Gasteiger partial charge in [0.25, 0.3) is 0 Å². The molecule has 0 fully saturated rings. The Morgan fingerprint density at radius 2 is 2.53 bits per heavy atom. The summed E-state index contributed by atoms with van der Waals surface area (Å²) >= 11 is 0. The molecule has 0 saturated carbocycles. The molecule has 15 heavy (non-hydrogen) atoms. The van der Waals surface area contributed by atoms with E-state index in [2.05, 4.69) is 15.5 Å². The summed E-state index contributed by atoms with van der Waals surface area (Å²) in [7, 11) is 0. The number of aromatic nitrogens is 2. The van der Waals surface area contributed by atoms with Crippen LogP contribution in [0.4, 0.5) is 0 Å². The van der Waals surface area contributed by atoms with Crippen LogP contribution in [0.15, 0.2) is 12.3 Å². The second-order valence-corrected chi connectivity index (χ2v) is 3.57. The Hall–Kier alpha value is -1.36. The van der Waals surface area contributed by atoms with Gasteiger partial charge >= 0.3 is 0 Å². The Balaban J connectivity index is 2.24. The molecule has 0 aliphatic rings. The first kappa shape index (κ1) is 11.7. The van der Waals surface area contributed by atoms with Crippen molar-refractivity contribution in [1.82, 2.24) is 15.5 Å². The number of nitrogens with zero attached hydrogens (tertiary/aromatic N) is 1. The molecule has 0 spiro atoms. The molecule has 1 rings (SSSR count). The maximum absolute atomic E-state index is 11.5. The lowest BCUT2D eigenvalue weighted by atomic mass is 10.0. The van der Waals surface area contributed by atoms with Gasteiger partial charge < -0.3 is 11.1 Å². The molecule has 1 heterocycles. The molecule has 0 radical (unpaired) electrons. The molecule has 84 valence electrons. The lowest BCUT2D eigenvalue weighted by Gasteiger charge is -2.11. The minimum atomic E-state index is 0.0434. The Labute approximate surface area is 89.4 Å². The summed E-state index contributed by atoms with van der Waals surface area (Å²) in [5, 5.41) is 9.40. The second-order valence-electron chi connectivity index (χ2n) is 3.57. The van der Waals surface area contributed by atoms with Gasteiger partial charge in [0, 0.05) is 12.6 Å². The highest BCUT2D eigenvalue weighted by Crippen LogP contribution is 2.05. The second kappa shape index (κ2) is 6.19. The summed E-state index contributed by atoms with van der Waals surface area (Å²) in [5.74, 6) is 0.327. The van der Waals surface area contributed by atoms with Crippen LogP contribution in [0.25, 0.3) is 0 Å². The minimum Gasteiger partial charge on any atom is -0.350 e. The first-order valence-electron chi connectivity index (χ1n) is 5.21. The lowest BCUT2D eigenvalue weighted by molar-refractivity contribution is -0.122. The molecule has 0 aromatic carbocycles. The van der Waals surface area contributed by atoms with E-state index >= 15 is 0 Å². The van der Waals surface area contributed by atoms with Crippen LogP contribution >= 0.6 is 0 Å². The van der Waals surface area contributed by atoms with Crippen LogP contribution in [-0.2, 0) is 11.3 Å². The van der Waals surface area contributed by atoms with E-state index in [0.29, 0.717) is 19.5 Å². The van der Waals surface area contributed by atoms with Crippen molar-refractivity contribution in [1.29, 1.82) is 0 Å². The summed E-state index contributed by atoms with van der Waals surface area (Å²) in [4.78, 5) is 11.5. The van der Waals surface area contributed by atoms with Crippen LogP contribution in [0.5, 0.6) is 0 Å². The zero-order chi connectivity index (χ0) is 11.1. The fraction of sp³-hybridized carbons (Fsp3) is 0.600. The number of nitrogens with two attached hydrogens (primary N) is 1. The number of H-pyrrole nitrogens is 1. The number of hydrogen-bond donors (Lipinski definition) is 3. The quantitative estimate of drug-likeness (QED) is 0.635. The summed E-state index contributed by atoms with van der Waals surface area (Å²) in [6.07, 6.45) is 3.10. The Kier molecular flexibility index (Phi) is 4.83. The highest BCUT2D eigenvalue weighted by atomic mass is 16.1. The molecular formula is C10H18N4O.